The predicted octanol–water partition coefficient (Wildman–Crippen LogP) is 0.515. The van der Waals surface area contributed by atoms with E-state index in [4.69, 9.17) is 20.4 Å². The van der Waals surface area contributed by atoms with Crippen molar-refractivity contribution in [1.82, 2.24) is 0 Å². The number of nitrogens with zero attached hydrogens (tertiary/aromatic N) is 2. The fraction of sp³-hybridized carbons (Fsp3) is 0.333. The first-order valence-electron chi connectivity index (χ1n) is 5.86. The number of carbonyl (C=O) groups excluding carboxylic acids is 1. The molecule has 100 valence electrons. The van der Waals surface area contributed by atoms with Gasteiger partial charge in [-0.25, -0.2) is 0 Å². The Labute approximate surface area is 109 Å². The Hall–Kier alpha value is -2.44. The molecule has 2 aliphatic rings. The third kappa shape index (κ3) is 1.92. The Morgan fingerprint density at radius 1 is 1.42 bits per heavy atom. The van der Waals surface area contributed by atoms with Gasteiger partial charge in [0.1, 0.15) is 5.84 Å². The lowest BCUT2D eigenvalue weighted by Crippen LogP contribution is -2.28. The van der Waals surface area contributed by atoms with Crippen molar-refractivity contribution in [1.29, 1.82) is 0 Å². The van der Waals surface area contributed by atoms with E-state index in [-0.39, 0.29) is 30.9 Å². The summed E-state index contributed by atoms with van der Waals surface area (Å²) in [6.07, 6.45) is 0.240. The highest BCUT2D eigenvalue weighted by molar-refractivity contribution is 6.01. The fourth-order valence-corrected chi connectivity index (χ4v) is 2.29. The average Bonchev–Trinajstić information content (AvgIpc) is 3.03. The number of ether oxygens (including phenoxy) is 2. The smallest absolute Gasteiger partial charge is 0.231 e. The van der Waals surface area contributed by atoms with Gasteiger partial charge in [-0.2, -0.15) is 0 Å². The highest BCUT2D eigenvalue weighted by Gasteiger charge is 2.33. The molecule has 0 spiro atoms. The Bertz CT molecular complexity index is 558. The van der Waals surface area contributed by atoms with E-state index in [2.05, 4.69) is 5.16 Å². The van der Waals surface area contributed by atoms with E-state index < -0.39 is 0 Å². The van der Waals surface area contributed by atoms with Crippen molar-refractivity contribution in [2.24, 2.45) is 16.8 Å². The summed E-state index contributed by atoms with van der Waals surface area (Å²) in [4.78, 5) is 13.6. The highest BCUT2D eigenvalue weighted by atomic mass is 16.7. The lowest BCUT2D eigenvalue weighted by atomic mass is 10.1. The van der Waals surface area contributed by atoms with Gasteiger partial charge in [-0.3, -0.25) is 4.79 Å². The second-order valence-electron chi connectivity index (χ2n) is 4.47. The van der Waals surface area contributed by atoms with E-state index >= 15 is 0 Å². The second-order valence-corrected chi connectivity index (χ2v) is 4.47. The van der Waals surface area contributed by atoms with Crippen LogP contribution in [0.15, 0.2) is 23.4 Å². The highest BCUT2D eigenvalue weighted by Crippen LogP contribution is 2.37. The number of benzene rings is 1. The van der Waals surface area contributed by atoms with Crippen LogP contribution in [0, 0.1) is 5.92 Å². The Kier molecular flexibility index (Phi) is 2.66. The molecule has 3 rings (SSSR count). The summed E-state index contributed by atoms with van der Waals surface area (Å²) in [6, 6.07) is 5.32. The maximum Gasteiger partial charge on any atom is 0.231 e. The first kappa shape index (κ1) is 11.6. The molecule has 0 aromatic heterocycles. The number of amides is 1. The van der Waals surface area contributed by atoms with Crippen LogP contribution in [-0.4, -0.2) is 30.3 Å². The number of amidine groups is 1. The number of nitrogens with two attached hydrogens (primary N) is 1. The molecule has 1 amide bonds. The zero-order chi connectivity index (χ0) is 13.4. The maximum absolute atomic E-state index is 12.0. The summed E-state index contributed by atoms with van der Waals surface area (Å²) in [7, 11) is 0. The minimum atomic E-state index is -0.261. The van der Waals surface area contributed by atoms with Crippen molar-refractivity contribution < 1.29 is 19.5 Å². The molecular weight excluding hydrogens is 250 g/mol. The Morgan fingerprint density at radius 2 is 2.21 bits per heavy atom. The summed E-state index contributed by atoms with van der Waals surface area (Å²) >= 11 is 0. The third-order valence-corrected chi connectivity index (χ3v) is 3.33. The normalized spacial score (nSPS) is 22.1. The number of hydrogen-bond donors (Lipinski definition) is 2. The molecule has 19 heavy (non-hydrogen) atoms. The molecule has 7 heteroatoms. The molecule has 1 saturated heterocycles. The van der Waals surface area contributed by atoms with Crippen LogP contribution in [0.2, 0.25) is 0 Å². The first-order chi connectivity index (χ1) is 9.19. The molecule has 2 heterocycles. The maximum atomic E-state index is 12.0. The van der Waals surface area contributed by atoms with Crippen molar-refractivity contribution in [3.05, 3.63) is 18.2 Å². The Balaban J connectivity index is 1.85. The van der Waals surface area contributed by atoms with E-state index in [0.29, 0.717) is 18.0 Å². The largest absolute Gasteiger partial charge is 0.454 e. The fourth-order valence-electron chi connectivity index (χ4n) is 2.29. The molecule has 7 nitrogen and oxygen atoms in total. The van der Waals surface area contributed by atoms with E-state index in [0.717, 1.165) is 5.69 Å². The zero-order valence-corrected chi connectivity index (χ0v) is 10.1. The molecule has 0 radical (unpaired) electrons. The van der Waals surface area contributed by atoms with Gasteiger partial charge in [0.15, 0.2) is 11.5 Å². The van der Waals surface area contributed by atoms with Crippen LogP contribution >= 0.6 is 0 Å². The standard InChI is InChI=1S/C12H13N3O4/c13-12(14-17)7-3-11(16)15(5-7)8-1-2-9-10(4-8)19-6-18-9/h1-2,4,7,17H,3,5-6H2,(H2,13,14). The number of carbonyl (C=O) groups is 1. The number of fused-ring (bicyclic) bond motifs is 1. The van der Waals surface area contributed by atoms with Gasteiger partial charge in [0.2, 0.25) is 12.7 Å². The quantitative estimate of drug-likeness (QED) is 0.351. The molecule has 1 unspecified atom stereocenters. The van der Waals surface area contributed by atoms with Gasteiger partial charge in [0.25, 0.3) is 0 Å². The summed E-state index contributed by atoms with van der Waals surface area (Å²) in [5.41, 5.74) is 6.27. The average molecular weight is 263 g/mol. The lowest BCUT2D eigenvalue weighted by Gasteiger charge is -2.16. The third-order valence-electron chi connectivity index (χ3n) is 3.33. The first-order valence-corrected chi connectivity index (χ1v) is 5.86. The molecule has 1 atom stereocenters. The van der Waals surface area contributed by atoms with Crippen LogP contribution in [0.1, 0.15) is 6.42 Å². The molecular formula is C12H13N3O4. The van der Waals surface area contributed by atoms with Gasteiger partial charge in [-0.1, -0.05) is 5.16 Å². The van der Waals surface area contributed by atoms with Crippen LogP contribution in [0.5, 0.6) is 11.5 Å². The summed E-state index contributed by atoms with van der Waals surface area (Å²) in [6.45, 7) is 0.591. The van der Waals surface area contributed by atoms with Crippen molar-refractivity contribution in [3.8, 4) is 11.5 Å². The van der Waals surface area contributed by atoms with E-state index in [1.54, 1.807) is 23.1 Å². The summed E-state index contributed by atoms with van der Waals surface area (Å²) in [5.74, 6) is 1.05. The molecule has 0 saturated carbocycles. The van der Waals surface area contributed by atoms with Gasteiger partial charge in [-0.05, 0) is 12.1 Å². The summed E-state index contributed by atoms with van der Waals surface area (Å²) in [5, 5.41) is 11.6. The van der Waals surface area contributed by atoms with Crippen molar-refractivity contribution in [3.63, 3.8) is 0 Å². The van der Waals surface area contributed by atoms with E-state index in [9.17, 15) is 4.79 Å². The van der Waals surface area contributed by atoms with E-state index in [1.165, 1.54) is 0 Å². The van der Waals surface area contributed by atoms with Gasteiger partial charge in [0, 0.05) is 30.6 Å². The molecule has 0 aliphatic carbocycles. The summed E-state index contributed by atoms with van der Waals surface area (Å²) < 4.78 is 10.5. The van der Waals surface area contributed by atoms with Gasteiger partial charge < -0.3 is 25.3 Å². The van der Waals surface area contributed by atoms with Crippen LogP contribution in [-0.2, 0) is 4.79 Å². The molecule has 3 N–H and O–H groups in total. The zero-order valence-electron chi connectivity index (χ0n) is 10.1. The minimum Gasteiger partial charge on any atom is -0.454 e. The topological polar surface area (TPSA) is 97.4 Å². The molecule has 1 fully saturated rings. The van der Waals surface area contributed by atoms with Crippen LogP contribution in [0.4, 0.5) is 5.69 Å². The SMILES string of the molecule is N/C(=N\O)C1CC(=O)N(c2ccc3c(c2)OCO3)C1. The van der Waals surface area contributed by atoms with Gasteiger partial charge in [-0.15, -0.1) is 0 Å². The minimum absolute atomic E-state index is 0.0598. The second kappa shape index (κ2) is 4.34. The van der Waals surface area contributed by atoms with Gasteiger partial charge in [0.05, 0.1) is 0 Å². The monoisotopic (exact) mass is 263 g/mol. The molecule has 1 aromatic rings. The lowest BCUT2D eigenvalue weighted by molar-refractivity contribution is -0.117. The van der Waals surface area contributed by atoms with Crippen LogP contribution in [0.25, 0.3) is 0 Å². The number of rotatable bonds is 2. The van der Waals surface area contributed by atoms with Crippen LogP contribution in [0.3, 0.4) is 0 Å². The van der Waals surface area contributed by atoms with E-state index in [1.807, 2.05) is 0 Å². The predicted molar refractivity (Wildman–Crippen MR) is 66.4 cm³/mol. The van der Waals surface area contributed by atoms with Crippen LogP contribution < -0.4 is 20.1 Å². The molecule has 1 aromatic carbocycles. The van der Waals surface area contributed by atoms with Gasteiger partial charge >= 0.3 is 0 Å². The number of hydrogen-bond acceptors (Lipinski definition) is 5. The number of oxime groups is 1. The van der Waals surface area contributed by atoms with Crippen molar-refractivity contribution in [2.45, 2.75) is 6.42 Å². The van der Waals surface area contributed by atoms with Crippen molar-refractivity contribution >= 4 is 17.4 Å². The molecule has 2 aliphatic heterocycles. The Morgan fingerprint density at radius 3 is 3.00 bits per heavy atom. The number of anilines is 1. The van der Waals surface area contributed by atoms with Crippen molar-refractivity contribution in [2.75, 3.05) is 18.2 Å². The molecule has 0 bridgehead atoms.